The van der Waals surface area contributed by atoms with Gasteiger partial charge in [0.15, 0.2) is 0 Å². The Morgan fingerprint density at radius 2 is 1.72 bits per heavy atom. The lowest BCUT2D eigenvalue weighted by atomic mass is 10.1. The van der Waals surface area contributed by atoms with Gasteiger partial charge in [-0.25, -0.2) is 0 Å². The van der Waals surface area contributed by atoms with E-state index in [0.717, 1.165) is 17.5 Å². The number of hydrogen-bond acceptors (Lipinski definition) is 4. The van der Waals surface area contributed by atoms with Crippen molar-refractivity contribution < 1.29 is 9.32 Å². The number of carbonyl (C=O) groups excluding carboxylic acids is 1. The van der Waals surface area contributed by atoms with Crippen LogP contribution in [0.1, 0.15) is 29.5 Å². The molecule has 3 aromatic rings. The predicted molar refractivity (Wildman–Crippen MR) is 95.8 cm³/mol. The highest BCUT2D eigenvalue weighted by atomic mass is 16.5. The van der Waals surface area contributed by atoms with E-state index in [1.807, 2.05) is 43.3 Å². The Balaban J connectivity index is 1.54. The summed E-state index contributed by atoms with van der Waals surface area (Å²) in [4.78, 5) is 16.4. The number of hydrogen-bond donors (Lipinski definition) is 1. The number of nitrogens with zero attached hydrogens (tertiary/aromatic N) is 2. The SMILES string of the molecule is CCc1ccc(CC(=O)NCc2nc(-c3ccc(C)cc3)no2)cc1. The molecule has 2 aromatic carbocycles. The zero-order chi connectivity index (χ0) is 17.6. The summed E-state index contributed by atoms with van der Waals surface area (Å²) in [6.45, 7) is 4.36. The second-order valence-electron chi connectivity index (χ2n) is 6.00. The van der Waals surface area contributed by atoms with Gasteiger partial charge in [0.2, 0.25) is 17.6 Å². The molecule has 5 nitrogen and oxygen atoms in total. The minimum absolute atomic E-state index is 0.0701. The Labute approximate surface area is 147 Å². The Morgan fingerprint density at radius 1 is 1.04 bits per heavy atom. The maximum Gasteiger partial charge on any atom is 0.246 e. The summed E-state index contributed by atoms with van der Waals surface area (Å²) in [5.41, 5.74) is 4.31. The first-order chi connectivity index (χ1) is 12.1. The van der Waals surface area contributed by atoms with E-state index in [4.69, 9.17) is 4.52 Å². The minimum atomic E-state index is -0.0701. The van der Waals surface area contributed by atoms with Crippen LogP contribution in [0.25, 0.3) is 11.4 Å². The molecule has 0 atom stereocenters. The van der Waals surface area contributed by atoms with Crippen molar-refractivity contribution in [1.82, 2.24) is 15.5 Å². The summed E-state index contributed by atoms with van der Waals surface area (Å²) in [6, 6.07) is 16.0. The molecule has 0 bridgehead atoms. The normalized spacial score (nSPS) is 10.6. The van der Waals surface area contributed by atoms with E-state index < -0.39 is 0 Å². The molecular weight excluding hydrogens is 314 g/mol. The fourth-order valence-corrected chi connectivity index (χ4v) is 2.46. The summed E-state index contributed by atoms with van der Waals surface area (Å²) in [7, 11) is 0. The van der Waals surface area contributed by atoms with Crippen molar-refractivity contribution in [2.24, 2.45) is 0 Å². The van der Waals surface area contributed by atoms with Gasteiger partial charge in [0.05, 0.1) is 13.0 Å². The molecule has 0 fully saturated rings. The van der Waals surface area contributed by atoms with E-state index in [9.17, 15) is 4.79 Å². The Hall–Kier alpha value is -2.95. The molecule has 5 heteroatoms. The molecule has 0 spiro atoms. The maximum absolute atomic E-state index is 12.1. The molecule has 1 aromatic heterocycles. The summed E-state index contributed by atoms with van der Waals surface area (Å²) in [6.07, 6.45) is 1.33. The van der Waals surface area contributed by atoms with Crippen molar-refractivity contribution in [2.75, 3.05) is 0 Å². The van der Waals surface area contributed by atoms with Crippen molar-refractivity contribution >= 4 is 5.91 Å². The van der Waals surface area contributed by atoms with Gasteiger partial charge in [-0.3, -0.25) is 4.79 Å². The van der Waals surface area contributed by atoms with Gasteiger partial charge in [0, 0.05) is 5.56 Å². The molecule has 0 aliphatic rings. The molecule has 0 saturated carbocycles. The first-order valence-corrected chi connectivity index (χ1v) is 8.38. The van der Waals surface area contributed by atoms with Crippen molar-refractivity contribution in [3.63, 3.8) is 0 Å². The van der Waals surface area contributed by atoms with Gasteiger partial charge >= 0.3 is 0 Å². The van der Waals surface area contributed by atoms with E-state index in [-0.39, 0.29) is 12.5 Å². The van der Waals surface area contributed by atoms with Crippen LogP contribution in [0.15, 0.2) is 53.1 Å². The summed E-state index contributed by atoms with van der Waals surface area (Å²) in [5.74, 6) is 0.851. The average Bonchev–Trinajstić information content (AvgIpc) is 3.10. The van der Waals surface area contributed by atoms with E-state index in [2.05, 4.69) is 34.5 Å². The Bertz CT molecular complexity index is 836. The van der Waals surface area contributed by atoms with Crippen molar-refractivity contribution in [3.05, 3.63) is 71.1 Å². The van der Waals surface area contributed by atoms with Crippen molar-refractivity contribution in [2.45, 2.75) is 33.2 Å². The smallest absolute Gasteiger partial charge is 0.246 e. The van der Waals surface area contributed by atoms with Gasteiger partial charge in [-0.1, -0.05) is 66.2 Å². The first-order valence-electron chi connectivity index (χ1n) is 8.38. The van der Waals surface area contributed by atoms with Crippen molar-refractivity contribution in [1.29, 1.82) is 0 Å². The minimum Gasteiger partial charge on any atom is -0.347 e. The highest BCUT2D eigenvalue weighted by molar-refractivity contribution is 5.78. The Morgan fingerprint density at radius 3 is 2.40 bits per heavy atom. The third-order valence-corrected chi connectivity index (χ3v) is 4.01. The molecule has 0 aliphatic heterocycles. The maximum atomic E-state index is 12.1. The molecule has 1 amide bonds. The zero-order valence-electron chi connectivity index (χ0n) is 14.5. The lowest BCUT2D eigenvalue weighted by Crippen LogP contribution is -2.24. The van der Waals surface area contributed by atoms with E-state index >= 15 is 0 Å². The van der Waals surface area contributed by atoms with Gasteiger partial charge in [-0.2, -0.15) is 4.98 Å². The quantitative estimate of drug-likeness (QED) is 0.749. The number of amides is 1. The number of nitrogens with one attached hydrogen (secondary N) is 1. The van der Waals surface area contributed by atoms with Gasteiger partial charge in [0.1, 0.15) is 0 Å². The largest absolute Gasteiger partial charge is 0.347 e. The average molecular weight is 335 g/mol. The third kappa shape index (κ3) is 4.53. The lowest BCUT2D eigenvalue weighted by molar-refractivity contribution is -0.120. The number of carbonyl (C=O) groups is 1. The fraction of sp³-hybridized carbons (Fsp3) is 0.250. The third-order valence-electron chi connectivity index (χ3n) is 4.01. The molecule has 0 radical (unpaired) electrons. The molecular formula is C20H21N3O2. The van der Waals surface area contributed by atoms with Crippen molar-refractivity contribution in [3.8, 4) is 11.4 Å². The van der Waals surface area contributed by atoms with Crippen LogP contribution in [0.3, 0.4) is 0 Å². The first kappa shape index (κ1) is 16.9. The zero-order valence-corrected chi connectivity index (χ0v) is 14.5. The number of rotatable bonds is 6. The predicted octanol–water partition coefficient (Wildman–Crippen LogP) is 3.47. The van der Waals surface area contributed by atoms with E-state index in [1.165, 1.54) is 11.1 Å². The number of aromatic nitrogens is 2. The topological polar surface area (TPSA) is 68.0 Å². The highest BCUT2D eigenvalue weighted by Gasteiger charge is 2.10. The number of aryl methyl sites for hydroxylation is 2. The summed E-state index contributed by atoms with van der Waals surface area (Å²) < 4.78 is 5.20. The van der Waals surface area contributed by atoms with Crippen LogP contribution >= 0.6 is 0 Å². The molecule has 0 unspecified atom stereocenters. The second kappa shape index (κ2) is 7.75. The van der Waals surface area contributed by atoms with Crippen LogP contribution in [-0.2, 0) is 24.2 Å². The van der Waals surface area contributed by atoms with Crippen LogP contribution in [-0.4, -0.2) is 16.0 Å². The molecule has 128 valence electrons. The lowest BCUT2D eigenvalue weighted by Gasteiger charge is -2.03. The van der Waals surface area contributed by atoms with Crippen LogP contribution in [0.4, 0.5) is 0 Å². The highest BCUT2D eigenvalue weighted by Crippen LogP contribution is 2.16. The Kier molecular flexibility index (Phi) is 5.23. The van der Waals surface area contributed by atoms with Crippen LogP contribution in [0, 0.1) is 6.92 Å². The van der Waals surface area contributed by atoms with Crippen LogP contribution in [0.5, 0.6) is 0 Å². The number of benzene rings is 2. The fourth-order valence-electron chi connectivity index (χ4n) is 2.46. The molecule has 0 aliphatic carbocycles. The second-order valence-corrected chi connectivity index (χ2v) is 6.00. The van der Waals surface area contributed by atoms with Gasteiger partial charge in [-0.05, 0) is 24.5 Å². The molecule has 1 heterocycles. The molecule has 25 heavy (non-hydrogen) atoms. The monoisotopic (exact) mass is 335 g/mol. The summed E-state index contributed by atoms with van der Waals surface area (Å²) in [5, 5.41) is 6.77. The molecule has 1 N–H and O–H groups in total. The van der Waals surface area contributed by atoms with Crippen LogP contribution in [0.2, 0.25) is 0 Å². The molecule has 0 saturated heterocycles. The van der Waals surface area contributed by atoms with Crippen LogP contribution < -0.4 is 5.32 Å². The van der Waals surface area contributed by atoms with Gasteiger partial charge < -0.3 is 9.84 Å². The molecule has 3 rings (SSSR count). The van der Waals surface area contributed by atoms with E-state index in [1.54, 1.807) is 0 Å². The summed E-state index contributed by atoms with van der Waals surface area (Å²) >= 11 is 0. The van der Waals surface area contributed by atoms with Gasteiger partial charge in [0.25, 0.3) is 0 Å². The van der Waals surface area contributed by atoms with Gasteiger partial charge in [-0.15, -0.1) is 0 Å². The van der Waals surface area contributed by atoms with E-state index in [0.29, 0.717) is 18.1 Å². The standard InChI is InChI=1S/C20H21N3O2/c1-3-15-6-8-16(9-7-15)12-18(24)21-13-19-22-20(23-25-19)17-10-4-14(2)5-11-17/h4-11H,3,12-13H2,1-2H3,(H,21,24).